The van der Waals surface area contributed by atoms with Crippen molar-refractivity contribution >= 4 is 17.7 Å². The van der Waals surface area contributed by atoms with E-state index in [1.54, 1.807) is 35.2 Å². The van der Waals surface area contributed by atoms with E-state index in [2.05, 4.69) is 0 Å². The van der Waals surface area contributed by atoms with E-state index < -0.39 is 4.92 Å². The molecule has 1 fully saturated rings. The maximum Gasteiger partial charge on any atom is 0.269 e. The second-order valence-electron chi connectivity index (χ2n) is 5.28. The van der Waals surface area contributed by atoms with Gasteiger partial charge in [0.2, 0.25) is 5.91 Å². The van der Waals surface area contributed by atoms with Crippen LogP contribution < -0.4 is 0 Å². The molecule has 1 aliphatic heterocycles. The molecule has 0 spiro atoms. The number of benzene rings is 1. The number of carbonyl (C=O) groups is 1. The fourth-order valence-electron chi connectivity index (χ4n) is 2.39. The third-order valence-electron chi connectivity index (χ3n) is 3.70. The number of morpholine rings is 1. The van der Waals surface area contributed by atoms with E-state index in [4.69, 9.17) is 9.15 Å². The molecular weight excluding hydrogens is 312 g/mol. The van der Waals surface area contributed by atoms with Crippen molar-refractivity contribution in [2.75, 3.05) is 26.3 Å². The van der Waals surface area contributed by atoms with E-state index in [0.29, 0.717) is 37.8 Å². The monoisotopic (exact) mass is 328 g/mol. The topological polar surface area (TPSA) is 85.8 Å². The van der Waals surface area contributed by atoms with Crippen molar-refractivity contribution in [1.82, 2.24) is 4.90 Å². The van der Waals surface area contributed by atoms with Crippen molar-refractivity contribution in [2.24, 2.45) is 0 Å². The first-order chi connectivity index (χ1) is 11.6. The van der Waals surface area contributed by atoms with Gasteiger partial charge in [0.1, 0.15) is 11.5 Å². The van der Waals surface area contributed by atoms with Gasteiger partial charge in [0.25, 0.3) is 5.69 Å². The van der Waals surface area contributed by atoms with Gasteiger partial charge in [0.05, 0.1) is 18.1 Å². The van der Waals surface area contributed by atoms with Crippen LogP contribution >= 0.6 is 0 Å². The van der Waals surface area contributed by atoms with Crippen LogP contribution in [0.3, 0.4) is 0 Å². The molecule has 3 rings (SSSR count). The molecule has 2 heterocycles. The second-order valence-corrected chi connectivity index (χ2v) is 5.28. The molecule has 24 heavy (non-hydrogen) atoms. The Morgan fingerprint density at radius 2 is 1.83 bits per heavy atom. The Morgan fingerprint density at radius 1 is 1.12 bits per heavy atom. The van der Waals surface area contributed by atoms with E-state index in [1.165, 1.54) is 18.2 Å². The molecule has 0 bridgehead atoms. The first-order valence-corrected chi connectivity index (χ1v) is 7.53. The Balaban J connectivity index is 1.67. The standard InChI is InChI=1S/C17H16N2O5/c20-17(18-9-11-23-12-10-18)8-6-15-5-7-16(24-15)13-1-3-14(4-2-13)19(21)22/h1-8H,9-12H2/b8-6+. The maximum absolute atomic E-state index is 12.0. The van der Waals surface area contributed by atoms with Crippen molar-refractivity contribution in [1.29, 1.82) is 0 Å². The largest absolute Gasteiger partial charge is 0.457 e. The van der Waals surface area contributed by atoms with Crippen LogP contribution in [0.2, 0.25) is 0 Å². The fraction of sp³-hybridized carbons (Fsp3) is 0.235. The van der Waals surface area contributed by atoms with E-state index in [9.17, 15) is 14.9 Å². The van der Waals surface area contributed by atoms with Crippen molar-refractivity contribution < 1.29 is 18.9 Å². The number of furan rings is 1. The van der Waals surface area contributed by atoms with Gasteiger partial charge in [0.15, 0.2) is 0 Å². The lowest BCUT2D eigenvalue weighted by molar-refractivity contribution is -0.384. The van der Waals surface area contributed by atoms with Crippen LogP contribution in [0.4, 0.5) is 5.69 Å². The number of nitrogens with zero attached hydrogens (tertiary/aromatic N) is 2. The highest BCUT2D eigenvalue weighted by Gasteiger charge is 2.14. The van der Waals surface area contributed by atoms with Crippen molar-refractivity contribution in [3.05, 3.63) is 58.3 Å². The Hall–Kier alpha value is -2.93. The first-order valence-electron chi connectivity index (χ1n) is 7.53. The number of non-ortho nitro benzene ring substituents is 1. The van der Waals surface area contributed by atoms with Crippen LogP contribution in [-0.4, -0.2) is 42.0 Å². The molecule has 0 N–H and O–H groups in total. The second kappa shape index (κ2) is 7.10. The maximum atomic E-state index is 12.0. The fourth-order valence-corrected chi connectivity index (χ4v) is 2.39. The number of nitro groups is 1. The normalized spacial score (nSPS) is 14.9. The van der Waals surface area contributed by atoms with Crippen LogP contribution in [0.25, 0.3) is 17.4 Å². The molecule has 2 aromatic rings. The Morgan fingerprint density at radius 3 is 2.50 bits per heavy atom. The van der Waals surface area contributed by atoms with E-state index in [1.807, 2.05) is 0 Å². The zero-order chi connectivity index (χ0) is 16.9. The van der Waals surface area contributed by atoms with Crippen LogP contribution in [0.15, 0.2) is 46.9 Å². The Kier molecular flexibility index (Phi) is 4.72. The van der Waals surface area contributed by atoms with Gasteiger partial charge in [-0.05, 0) is 30.3 Å². The van der Waals surface area contributed by atoms with E-state index in [0.717, 1.165) is 5.56 Å². The van der Waals surface area contributed by atoms with Crippen molar-refractivity contribution in [2.45, 2.75) is 0 Å². The molecule has 0 atom stereocenters. The summed E-state index contributed by atoms with van der Waals surface area (Å²) in [7, 11) is 0. The molecule has 7 heteroatoms. The molecule has 0 saturated carbocycles. The molecule has 7 nitrogen and oxygen atoms in total. The molecule has 124 valence electrons. The zero-order valence-electron chi connectivity index (χ0n) is 12.9. The highest BCUT2D eigenvalue weighted by Crippen LogP contribution is 2.25. The molecule has 0 unspecified atom stereocenters. The Bertz CT molecular complexity index is 758. The van der Waals surface area contributed by atoms with Crippen molar-refractivity contribution in [3.8, 4) is 11.3 Å². The van der Waals surface area contributed by atoms with Gasteiger partial charge in [-0.25, -0.2) is 0 Å². The third-order valence-corrected chi connectivity index (χ3v) is 3.70. The molecule has 1 aromatic heterocycles. The first kappa shape index (κ1) is 15.9. The summed E-state index contributed by atoms with van der Waals surface area (Å²) >= 11 is 0. The molecular formula is C17H16N2O5. The summed E-state index contributed by atoms with van der Waals surface area (Å²) in [4.78, 5) is 24.0. The zero-order valence-corrected chi connectivity index (χ0v) is 12.9. The molecule has 1 amide bonds. The number of carbonyl (C=O) groups excluding carboxylic acids is 1. The van der Waals surface area contributed by atoms with Gasteiger partial charge in [0, 0.05) is 36.9 Å². The van der Waals surface area contributed by atoms with Crippen LogP contribution in [0, 0.1) is 10.1 Å². The summed E-state index contributed by atoms with van der Waals surface area (Å²) in [6, 6.07) is 9.62. The predicted octanol–water partition coefficient (Wildman–Crippen LogP) is 2.73. The lowest BCUT2D eigenvalue weighted by Gasteiger charge is -2.25. The van der Waals surface area contributed by atoms with Gasteiger partial charge in [-0.3, -0.25) is 14.9 Å². The summed E-state index contributed by atoms with van der Waals surface area (Å²) in [5.41, 5.74) is 0.765. The Labute approximate surface area is 138 Å². The van der Waals surface area contributed by atoms with E-state index in [-0.39, 0.29) is 11.6 Å². The van der Waals surface area contributed by atoms with Crippen LogP contribution in [0.1, 0.15) is 5.76 Å². The number of ether oxygens (including phenoxy) is 1. The molecule has 1 saturated heterocycles. The minimum atomic E-state index is -0.447. The minimum absolute atomic E-state index is 0.0292. The number of hydrogen-bond acceptors (Lipinski definition) is 5. The van der Waals surface area contributed by atoms with Crippen LogP contribution in [0.5, 0.6) is 0 Å². The van der Waals surface area contributed by atoms with Gasteiger partial charge >= 0.3 is 0 Å². The molecule has 1 aliphatic rings. The third kappa shape index (κ3) is 3.69. The van der Waals surface area contributed by atoms with Crippen LogP contribution in [-0.2, 0) is 9.53 Å². The highest BCUT2D eigenvalue weighted by atomic mass is 16.6. The minimum Gasteiger partial charge on any atom is -0.457 e. The number of amides is 1. The SMILES string of the molecule is O=C(/C=C/c1ccc(-c2ccc([N+](=O)[O-])cc2)o1)N1CCOCC1. The quantitative estimate of drug-likeness (QED) is 0.489. The summed E-state index contributed by atoms with van der Waals surface area (Å²) in [6.45, 7) is 2.31. The van der Waals surface area contributed by atoms with Gasteiger partial charge in [-0.1, -0.05) is 0 Å². The molecule has 0 aliphatic carbocycles. The summed E-state index contributed by atoms with van der Waals surface area (Å²) in [5, 5.41) is 10.7. The average molecular weight is 328 g/mol. The average Bonchev–Trinajstić information content (AvgIpc) is 3.09. The van der Waals surface area contributed by atoms with E-state index >= 15 is 0 Å². The lowest BCUT2D eigenvalue weighted by Crippen LogP contribution is -2.39. The smallest absolute Gasteiger partial charge is 0.269 e. The predicted molar refractivity (Wildman–Crippen MR) is 87.2 cm³/mol. The van der Waals surface area contributed by atoms with Crippen molar-refractivity contribution in [3.63, 3.8) is 0 Å². The summed E-state index contributed by atoms with van der Waals surface area (Å²) < 4.78 is 10.9. The lowest BCUT2D eigenvalue weighted by atomic mass is 10.1. The molecule has 0 radical (unpaired) electrons. The highest BCUT2D eigenvalue weighted by molar-refractivity contribution is 5.91. The number of nitro benzene ring substituents is 1. The molecule has 1 aromatic carbocycles. The van der Waals surface area contributed by atoms with Gasteiger partial charge in [-0.15, -0.1) is 0 Å². The number of rotatable bonds is 4. The van der Waals surface area contributed by atoms with Gasteiger partial charge < -0.3 is 14.1 Å². The summed E-state index contributed by atoms with van der Waals surface area (Å²) in [5.74, 6) is 1.06. The summed E-state index contributed by atoms with van der Waals surface area (Å²) in [6.07, 6.45) is 3.09. The number of hydrogen-bond donors (Lipinski definition) is 0. The van der Waals surface area contributed by atoms with Gasteiger partial charge in [-0.2, -0.15) is 0 Å².